The van der Waals surface area contributed by atoms with Crippen LogP contribution in [-0.4, -0.2) is 4.83 Å². The van der Waals surface area contributed by atoms with E-state index in [0.717, 1.165) is 22.9 Å². The normalized spacial score (nSPS) is 12.9. The highest BCUT2D eigenvalue weighted by Gasteiger charge is 2.01. The molecule has 1 unspecified atom stereocenters. The fraction of sp³-hybridized carbons (Fsp3) is 0.400. The third kappa shape index (κ3) is 4.23. The number of rotatable bonds is 3. The maximum Gasteiger partial charge on any atom is 0.124 e. The Labute approximate surface area is 94.8 Å². The Hall–Kier alpha value is 0.110. The first kappa shape index (κ1) is 11.2. The van der Waals surface area contributed by atoms with Crippen LogP contribution in [0.25, 0.3) is 0 Å². The van der Waals surface area contributed by atoms with Crippen molar-refractivity contribution in [2.24, 2.45) is 0 Å². The molecule has 1 rings (SSSR count). The van der Waals surface area contributed by atoms with Crippen molar-refractivity contribution in [3.8, 4) is 0 Å². The summed E-state index contributed by atoms with van der Waals surface area (Å²) in [6.07, 6.45) is 1.93. The zero-order valence-electron chi connectivity index (χ0n) is 7.36. The van der Waals surface area contributed by atoms with E-state index in [9.17, 15) is 4.39 Å². The van der Waals surface area contributed by atoms with Gasteiger partial charge in [-0.1, -0.05) is 38.8 Å². The Bertz CT molecular complexity index is 264. The molecular weight excluding hydrogens is 299 g/mol. The second-order valence-electron chi connectivity index (χ2n) is 3.10. The molecule has 0 saturated carbocycles. The molecule has 0 nitrogen and oxygen atoms in total. The van der Waals surface area contributed by atoms with E-state index in [0.29, 0.717) is 4.83 Å². The van der Waals surface area contributed by atoms with Gasteiger partial charge >= 0.3 is 0 Å². The summed E-state index contributed by atoms with van der Waals surface area (Å²) in [6, 6.07) is 5.01. The molecule has 0 aliphatic rings. The molecule has 0 N–H and O–H groups in total. The molecule has 1 aromatic rings. The first-order chi connectivity index (χ1) is 6.08. The van der Waals surface area contributed by atoms with Gasteiger partial charge in [0.25, 0.3) is 0 Å². The Morgan fingerprint density at radius 1 is 1.38 bits per heavy atom. The zero-order valence-corrected chi connectivity index (χ0v) is 10.5. The van der Waals surface area contributed by atoms with Crippen molar-refractivity contribution in [1.82, 2.24) is 0 Å². The summed E-state index contributed by atoms with van der Waals surface area (Å²) in [6.45, 7) is 2.09. The third-order valence-corrected chi connectivity index (χ3v) is 2.67. The molecular formula is C10H11Br2F. The predicted octanol–water partition coefficient (Wildman–Crippen LogP) is 4.30. The molecule has 0 amide bonds. The molecule has 0 fully saturated rings. The van der Waals surface area contributed by atoms with Crippen LogP contribution in [0.2, 0.25) is 0 Å². The maximum absolute atomic E-state index is 12.9. The van der Waals surface area contributed by atoms with Crippen LogP contribution >= 0.6 is 31.9 Å². The lowest BCUT2D eigenvalue weighted by Gasteiger charge is -2.04. The molecule has 0 aliphatic heterocycles. The average Bonchev–Trinajstić information content (AvgIpc) is 1.99. The molecule has 72 valence electrons. The van der Waals surface area contributed by atoms with Crippen LogP contribution in [-0.2, 0) is 6.42 Å². The lowest BCUT2D eigenvalue weighted by atomic mass is 10.1. The van der Waals surface area contributed by atoms with Gasteiger partial charge < -0.3 is 0 Å². The highest BCUT2D eigenvalue weighted by atomic mass is 79.9. The number of benzene rings is 1. The van der Waals surface area contributed by atoms with E-state index in [4.69, 9.17) is 0 Å². The van der Waals surface area contributed by atoms with Crippen LogP contribution in [0.15, 0.2) is 22.7 Å². The van der Waals surface area contributed by atoms with Gasteiger partial charge in [-0.25, -0.2) is 4.39 Å². The predicted molar refractivity (Wildman–Crippen MR) is 60.8 cm³/mol. The number of halogens is 3. The molecule has 3 heteroatoms. The second kappa shape index (κ2) is 5.11. The van der Waals surface area contributed by atoms with Gasteiger partial charge in [0.05, 0.1) is 0 Å². The first-order valence-electron chi connectivity index (χ1n) is 4.17. The summed E-state index contributed by atoms with van der Waals surface area (Å²) < 4.78 is 13.7. The van der Waals surface area contributed by atoms with Gasteiger partial charge in [0.1, 0.15) is 5.82 Å². The van der Waals surface area contributed by atoms with E-state index in [1.807, 2.05) is 6.07 Å². The van der Waals surface area contributed by atoms with E-state index in [1.54, 1.807) is 6.07 Å². The van der Waals surface area contributed by atoms with Crippen molar-refractivity contribution in [1.29, 1.82) is 0 Å². The molecule has 1 aromatic carbocycles. The molecule has 0 saturated heterocycles. The number of aryl methyl sites for hydroxylation is 1. The fourth-order valence-electron chi connectivity index (χ4n) is 1.12. The van der Waals surface area contributed by atoms with Crippen LogP contribution in [0.3, 0.4) is 0 Å². The van der Waals surface area contributed by atoms with E-state index in [1.165, 1.54) is 6.07 Å². The molecule has 0 aliphatic carbocycles. The van der Waals surface area contributed by atoms with Crippen molar-refractivity contribution in [2.75, 3.05) is 0 Å². The summed E-state index contributed by atoms with van der Waals surface area (Å²) in [5.41, 5.74) is 1.04. The van der Waals surface area contributed by atoms with Gasteiger partial charge in [0, 0.05) is 9.30 Å². The summed E-state index contributed by atoms with van der Waals surface area (Å²) in [7, 11) is 0. The summed E-state index contributed by atoms with van der Waals surface area (Å²) >= 11 is 6.73. The van der Waals surface area contributed by atoms with Crippen molar-refractivity contribution in [3.05, 3.63) is 34.1 Å². The molecule has 0 aromatic heterocycles. The lowest BCUT2D eigenvalue weighted by molar-refractivity contribution is 0.623. The molecule has 13 heavy (non-hydrogen) atoms. The van der Waals surface area contributed by atoms with Crippen LogP contribution in [0.1, 0.15) is 18.9 Å². The van der Waals surface area contributed by atoms with E-state index in [2.05, 4.69) is 38.8 Å². The minimum atomic E-state index is -0.174. The van der Waals surface area contributed by atoms with Gasteiger partial charge in [-0.2, -0.15) is 0 Å². The van der Waals surface area contributed by atoms with Crippen molar-refractivity contribution in [3.63, 3.8) is 0 Å². The first-order valence-corrected chi connectivity index (χ1v) is 5.88. The SMILES string of the molecule is CC(Br)CCc1cc(F)cc(Br)c1. The largest absolute Gasteiger partial charge is 0.207 e. The van der Waals surface area contributed by atoms with Gasteiger partial charge in [0.2, 0.25) is 0 Å². The minimum Gasteiger partial charge on any atom is -0.207 e. The summed E-state index contributed by atoms with van der Waals surface area (Å²) in [5, 5.41) is 0. The van der Waals surface area contributed by atoms with Crippen molar-refractivity contribution < 1.29 is 4.39 Å². The average molecular weight is 310 g/mol. The molecule has 0 heterocycles. The highest BCUT2D eigenvalue weighted by Crippen LogP contribution is 2.17. The summed E-state index contributed by atoms with van der Waals surface area (Å²) in [4.78, 5) is 0.481. The van der Waals surface area contributed by atoms with Crippen LogP contribution in [0.5, 0.6) is 0 Å². The van der Waals surface area contributed by atoms with E-state index >= 15 is 0 Å². The standard InChI is InChI=1S/C10H11Br2F/c1-7(11)2-3-8-4-9(12)6-10(13)5-8/h4-7H,2-3H2,1H3. The zero-order chi connectivity index (χ0) is 9.84. The quantitative estimate of drug-likeness (QED) is 0.730. The Morgan fingerprint density at radius 3 is 2.62 bits per heavy atom. The van der Waals surface area contributed by atoms with Gasteiger partial charge in [-0.3, -0.25) is 0 Å². The summed E-state index contributed by atoms with van der Waals surface area (Å²) in [5.74, 6) is -0.174. The van der Waals surface area contributed by atoms with E-state index in [-0.39, 0.29) is 5.82 Å². The Kier molecular flexibility index (Phi) is 4.39. The number of hydrogen-bond acceptors (Lipinski definition) is 0. The highest BCUT2D eigenvalue weighted by molar-refractivity contribution is 9.10. The van der Waals surface area contributed by atoms with Gasteiger partial charge in [-0.15, -0.1) is 0 Å². The number of alkyl halides is 1. The monoisotopic (exact) mass is 308 g/mol. The van der Waals surface area contributed by atoms with Crippen LogP contribution in [0.4, 0.5) is 4.39 Å². The second-order valence-corrected chi connectivity index (χ2v) is 5.58. The molecule has 1 atom stereocenters. The molecule has 0 radical (unpaired) electrons. The third-order valence-electron chi connectivity index (χ3n) is 1.75. The van der Waals surface area contributed by atoms with E-state index < -0.39 is 0 Å². The topological polar surface area (TPSA) is 0 Å². The molecule has 0 bridgehead atoms. The lowest BCUT2D eigenvalue weighted by Crippen LogP contribution is -1.94. The van der Waals surface area contributed by atoms with Crippen molar-refractivity contribution in [2.45, 2.75) is 24.6 Å². The molecule has 0 spiro atoms. The van der Waals surface area contributed by atoms with Gasteiger partial charge in [-0.05, 0) is 36.6 Å². The van der Waals surface area contributed by atoms with Crippen LogP contribution < -0.4 is 0 Å². The minimum absolute atomic E-state index is 0.174. The van der Waals surface area contributed by atoms with Gasteiger partial charge in [0.15, 0.2) is 0 Å². The Balaban J connectivity index is 2.66. The number of hydrogen-bond donors (Lipinski definition) is 0. The Morgan fingerprint density at radius 2 is 2.08 bits per heavy atom. The smallest absolute Gasteiger partial charge is 0.124 e. The van der Waals surface area contributed by atoms with Crippen LogP contribution in [0, 0.1) is 5.82 Å². The van der Waals surface area contributed by atoms with Crippen molar-refractivity contribution >= 4 is 31.9 Å². The maximum atomic E-state index is 12.9. The fourth-order valence-corrected chi connectivity index (χ4v) is 1.86.